The molecule has 2 aromatic carbocycles. The first-order chi connectivity index (χ1) is 17.2. The summed E-state index contributed by atoms with van der Waals surface area (Å²) in [7, 11) is 0. The molecule has 3 heterocycles. The second-order valence-electron chi connectivity index (χ2n) is 8.43. The summed E-state index contributed by atoms with van der Waals surface area (Å²) in [4.78, 5) is 19.2. The lowest BCUT2D eigenvalue weighted by Crippen LogP contribution is -2.27. The second kappa shape index (κ2) is 9.27. The van der Waals surface area contributed by atoms with E-state index in [1.54, 1.807) is 42.5 Å². The van der Waals surface area contributed by atoms with Crippen LogP contribution in [0.15, 0.2) is 60.8 Å². The quantitative estimate of drug-likeness (QED) is 0.268. The van der Waals surface area contributed by atoms with Gasteiger partial charge in [-0.3, -0.25) is 10.2 Å². The Morgan fingerprint density at radius 1 is 1.00 bits per heavy atom. The summed E-state index contributed by atoms with van der Waals surface area (Å²) in [6.07, 6.45) is -1.21. The van der Waals surface area contributed by atoms with Gasteiger partial charge in [0.2, 0.25) is 0 Å². The first-order valence-electron chi connectivity index (χ1n) is 11.2. The Hall–Kier alpha value is -3.92. The van der Waals surface area contributed by atoms with E-state index in [0.717, 1.165) is 41.4 Å². The van der Waals surface area contributed by atoms with E-state index < -0.39 is 17.8 Å². The Morgan fingerprint density at radius 3 is 2.42 bits per heavy atom. The lowest BCUT2D eigenvalue weighted by Gasteiger charge is -2.18. The van der Waals surface area contributed by atoms with E-state index in [0.29, 0.717) is 22.5 Å². The van der Waals surface area contributed by atoms with E-state index in [9.17, 15) is 18.0 Å². The van der Waals surface area contributed by atoms with Crippen molar-refractivity contribution in [2.75, 3.05) is 18.4 Å². The molecule has 5 rings (SSSR count). The number of amides is 1. The van der Waals surface area contributed by atoms with E-state index in [4.69, 9.17) is 17.0 Å². The lowest BCUT2D eigenvalue weighted by molar-refractivity contribution is -0.141. The van der Waals surface area contributed by atoms with Gasteiger partial charge in [-0.05, 0) is 60.0 Å². The molecule has 0 aliphatic carbocycles. The van der Waals surface area contributed by atoms with E-state index in [2.05, 4.69) is 15.4 Å². The highest BCUT2D eigenvalue weighted by atomic mass is 35.5. The van der Waals surface area contributed by atoms with Crippen molar-refractivity contribution in [2.45, 2.75) is 19.0 Å². The Bertz CT molecular complexity index is 1460. The number of halogens is 4. The van der Waals surface area contributed by atoms with Crippen LogP contribution in [-0.2, 0) is 6.18 Å². The molecule has 1 aliphatic rings. The Balaban J connectivity index is 1.44. The summed E-state index contributed by atoms with van der Waals surface area (Å²) in [6, 6.07) is 13.9. The van der Waals surface area contributed by atoms with Gasteiger partial charge in [0, 0.05) is 35.9 Å². The number of benzene rings is 2. The van der Waals surface area contributed by atoms with Gasteiger partial charge in [-0.25, -0.2) is 9.67 Å². The van der Waals surface area contributed by atoms with Crippen LogP contribution >= 0.6 is 11.6 Å². The zero-order valence-electron chi connectivity index (χ0n) is 18.8. The van der Waals surface area contributed by atoms with E-state index in [1.165, 1.54) is 12.3 Å². The minimum absolute atomic E-state index is 0.146. The molecule has 7 nitrogen and oxygen atoms in total. The highest BCUT2D eigenvalue weighted by Crippen LogP contribution is 2.31. The number of pyridine rings is 1. The number of hydrogen-bond donors (Lipinski definition) is 2. The third-order valence-corrected chi connectivity index (χ3v) is 6.20. The topological polar surface area (TPSA) is 86.9 Å². The number of anilines is 1. The third kappa shape index (κ3) is 4.76. The van der Waals surface area contributed by atoms with Crippen LogP contribution in [0.25, 0.3) is 16.5 Å². The van der Waals surface area contributed by atoms with Crippen molar-refractivity contribution < 1.29 is 18.0 Å². The predicted molar refractivity (Wildman–Crippen MR) is 131 cm³/mol. The number of amidine groups is 1. The summed E-state index contributed by atoms with van der Waals surface area (Å²) in [5.74, 6) is -0.306. The molecule has 0 radical (unpaired) electrons. The van der Waals surface area contributed by atoms with Crippen molar-refractivity contribution in [2.24, 2.45) is 0 Å². The van der Waals surface area contributed by atoms with Gasteiger partial charge in [0.25, 0.3) is 5.91 Å². The van der Waals surface area contributed by atoms with Gasteiger partial charge >= 0.3 is 6.18 Å². The summed E-state index contributed by atoms with van der Waals surface area (Å²) in [6.45, 7) is 1.62. The fourth-order valence-electron chi connectivity index (χ4n) is 4.13. The number of carbonyl (C=O) groups is 1. The first-order valence-corrected chi connectivity index (χ1v) is 11.5. The smallest absolute Gasteiger partial charge is 0.357 e. The standard InChI is InChI=1S/C25H20ClF3N6O/c26-18-6-3-16-12-19(7-4-15(16)11-18)35-20(13-21(33-35)25(27,28)29)24(36)32-22-8-5-17(14-31-22)23(30)34-9-1-2-10-34/h3-8,11-14,30H,1-2,9-10H2,(H,31,32,36). The monoisotopic (exact) mass is 512 g/mol. The van der Waals surface area contributed by atoms with Crippen LogP contribution in [0.4, 0.5) is 19.0 Å². The van der Waals surface area contributed by atoms with Gasteiger partial charge in [-0.15, -0.1) is 0 Å². The molecule has 0 unspecified atom stereocenters. The minimum atomic E-state index is -4.74. The number of carbonyl (C=O) groups excluding carboxylic acids is 1. The predicted octanol–water partition coefficient (Wildman–Crippen LogP) is 5.77. The molecule has 0 spiro atoms. The molecular weight excluding hydrogens is 493 g/mol. The Labute approximate surface area is 209 Å². The Morgan fingerprint density at radius 2 is 1.72 bits per heavy atom. The van der Waals surface area contributed by atoms with E-state index >= 15 is 0 Å². The van der Waals surface area contributed by atoms with E-state index in [1.807, 2.05) is 4.90 Å². The third-order valence-electron chi connectivity index (χ3n) is 5.96. The summed E-state index contributed by atoms with van der Waals surface area (Å²) >= 11 is 6.02. The van der Waals surface area contributed by atoms with Crippen molar-refractivity contribution in [3.8, 4) is 5.69 Å². The van der Waals surface area contributed by atoms with Gasteiger partial charge in [-0.2, -0.15) is 18.3 Å². The molecule has 0 saturated carbocycles. The van der Waals surface area contributed by atoms with Crippen LogP contribution in [0, 0.1) is 5.41 Å². The molecule has 11 heteroatoms. The van der Waals surface area contributed by atoms with Crippen LogP contribution in [0.3, 0.4) is 0 Å². The maximum atomic E-state index is 13.5. The SMILES string of the molecule is N=C(c1ccc(NC(=O)c2cc(C(F)(F)F)nn2-c2ccc3cc(Cl)ccc3c2)nc1)N1CCCC1. The minimum Gasteiger partial charge on any atom is -0.357 e. The number of alkyl halides is 3. The van der Waals surface area contributed by atoms with Gasteiger partial charge in [0.1, 0.15) is 17.3 Å². The van der Waals surface area contributed by atoms with Gasteiger partial charge < -0.3 is 10.2 Å². The molecule has 0 atom stereocenters. The van der Waals surface area contributed by atoms with Crippen LogP contribution < -0.4 is 5.32 Å². The number of nitrogens with zero attached hydrogens (tertiary/aromatic N) is 4. The fraction of sp³-hybridized carbons (Fsp3) is 0.200. The molecule has 1 fully saturated rings. The average Bonchev–Trinajstić information content (AvgIpc) is 3.54. The van der Waals surface area contributed by atoms with Crippen LogP contribution in [0.1, 0.15) is 34.6 Å². The van der Waals surface area contributed by atoms with Crippen molar-refractivity contribution in [3.63, 3.8) is 0 Å². The number of rotatable bonds is 4. The van der Waals surface area contributed by atoms with Gasteiger partial charge in [0.15, 0.2) is 5.69 Å². The summed E-state index contributed by atoms with van der Waals surface area (Å²) < 4.78 is 41.4. The maximum Gasteiger partial charge on any atom is 0.435 e. The second-order valence-corrected chi connectivity index (χ2v) is 8.87. The van der Waals surface area contributed by atoms with Crippen LogP contribution in [-0.4, -0.2) is 44.5 Å². The average molecular weight is 513 g/mol. The van der Waals surface area contributed by atoms with Crippen LogP contribution in [0.2, 0.25) is 5.02 Å². The van der Waals surface area contributed by atoms with Gasteiger partial charge in [0.05, 0.1) is 5.69 Å². The zero-order valence-corrected chi connectivity index (χ0v) is 19.6. The molecule has 36 heavy (non-hydrogen) atoms. The summed E-state index contributed by atoms with van der Waals surface area (Å²) in [5, 5.41) is 16.6. The molecule has 2 aromatic heterocycles. The van der Waals surface area contributed by atoms with Crippen molar-refractivity contribution in [1.29, 1.82) is 5.41 Å². The van der Waals surface area contributed by atoms with Crippen molar-refractivity contribution >= 4 is 39.9 Å². The maximum absolute atomic E-state index is 13.5. The molecule has 0 bridgehead atoms. The number of likely N-dealkylation sites (tertiary alicyclic amines) is 1. The fourth-order valence-corrected chi connectivity index (χ4v) is 4.31. The number of nitrogens with one attached hydrogen (secondary N) is 2. The first kappa shape index (κ1) is 23.8. The highest BCUT2D eigenvalue weighted by molar-refractivity contribution is 6.31. The molecule has 1 saturated heterocycles. The molecule has 2 N–H and O–H groups in total. The molecular formula is C25H20ClF3N6O. The Kier molecular flexibility index (Phi) is 6.13. The number of aromatic nitrogens is 3. The normalized spacial score (nSPS) is 13.8. The van der Waals surface area contributed by atoms with Crippen molar-refractivity contribution in [1.82, 2.24) is 19.7 Å². The summed E-state index contributed by atoms with van der Waals surface area (Å²) in [5.41, 5.74) is -0.610. The number of hydrogen-bond acceptors (Lipinski definition) is 4. The van der Waals surface area contributed by atoms with E-state index in [-0.39, 0.29) is 17.2 Å². The van der Waals surface area contributed by atoms with Crippen molar-refractivity contribution in [3.05, 3.63) is 82.8 Å². The molecule has 1 amide bonds. The lowest BCUT2D eigenvalue weighted by atomic mass is 10.1. The molecule has 1 aliphatic heterocycles. The van der Waals surface area contributed by atoms with Crippen LogP contribution in [0.5, 0.6) is 0 Å². The largest absolute Gasteiger partial charge is 0.435 e. The molecule has 4 aromatic rings. The molecule has 184 valence electrons. The number of fused-ring (bicyclic) bond motifs is 1. The zero-order chi connectivity index (χ0) is 25.4. The van der Waals surface area contributed by atoms with Gasteiger partial charge in [-0.1, -0.05) is 23.7 Å². The highest BCUT2D eigenvalue weighted by Gasteiger charge is 2.36.